The molecule has 1 fully saturated rings. The fraction of sp³-hybridized carbons (Fsp3) is 0.643. The summed E-state index contributed by atoms with van der Waals surface area (Å²) in [5.41, 5.74) is 0.585. The first-order valence-corrected chi connectivity index (χ1v) is 6.14. The zero-order chi connectivity index (χ0) is 12.6. The van der Waals surface area contributed by atoms with E-state index in [1.165, 1.54) is 0 Å². The van der Waals surface area contributed by atoms with Crippen LogP contribution in [-0.4, -0.2) is 23.3 Å². The van der Waals surface area contributed by atoms with Gasteiger partial charge in [-0.3, -0.25) is 4.79 Å². The Hall–Kier alpha value is -1.09. The van der Waals surface area contributed by atoms with Gasteiger partial charge in [-0.15, -0.1) is 0 Å². The molecule has 0 aromatic carbocycles. The number of rotatable bonds is 2. The number of aliphatic hydroxyl groups excluding tert-OH is 1. The minimum absolute atomic E-state index is 0.00824. The van der Waals surface area contributed by atoms with E-state index in [0.717, 1.165) is 12.0 Å². The fourth-order valence-electron chi connectivity index (χ4n) is 2.76. The molecule has 3 unspecified atom stereocenters. The fourth-order valence-corrected chi connectivity index (χ4v) is 2.76. The summed E-state index contributed by atoms with van der Waals surface area (Å²) in [7, 11) is 0. The first-order chi connectivity index (χ1) is 7.92. The molecule has 2 rings (SSSR count). The average molecular weight is 236 g/mol. The van der Waals surface area contributed by atoms with Crippen LogP contribution >= 0.6 is 0 Å². The van der Waals surface area contributed by atoms with Crippen LogP contribution in [0.4, 0.5) is 0 Å². The summed E-state index contributed by atoms with van der Waals surface area (Å²) in [6.07, 6.45) is 6.99. The minimum atomic E-state index is -0.451. The largest absolute Gasteiger partial charge is 0.459 e. The van der Waals surface area contributed by atoms with Gasteiger partial charge in [-0.05, 0) is 39.0 Å². The summed E-state index contributed by atoms with van der Waals surface area (Å²) >= 11 is 0. The molecular weight excluding hydrogens is 216 g/mol. The van der Waals surface area contributed by atoms with E-state index >= 15 is 0 Å². The van der Waals surface area contributed by atoms with Crippen LogP contribution in [0.3, 0.4) is 0 Å². The third-order valence-electron chi connectivity index (χ3n) is 3.32. The molecular formula is C14H20O3. The normalized spacial score (nSPS) is 33.4. The van der Waals surface area contributed by atoms with E-state index in [1.807, 2.05) is 20.8 Å². The molecule has 0 amide bonds. The van der Waals surface area contributed by atoms with E-state index in [4.69, 9.17) is 9.84 Å². The minimum Gasteiger partial charge on any atom is -0.459 e. The van der Waals surface area contributed by atoms with Crippen LogP contribution in [0.2, 0.25) is 0 Å². The standard InChI is InChI=1S/C14H20O3/c1-14(2,3)17-13(16)12-10-5-4-9(8-10)11(12)6-7-15/h4-6,9-10,12,15H,7-8H2,1-3H3/b11-6-. The highest BCUT2D eigenvalue weighted by molar-refractivity contribution is 5.78. The molecule has 2 aliphatic rings. The van der Waals surface area contributed by atoms with Crippen molar-refractivity contribution in [1.29, 1.82) is 0 Å². The van der Waals surface area contributed by atoms with E-state index in [-0.39, 0.29) is 24.4 Å². The molecule has 2 aliphatic carbocycles. The van der Waals surface area contributed by atoms with Crippen LogP contribution in [0.5, 0.6) is 0 Å². The van der Waals surface area contributed by atoms with Crippen molar-refractivity contribution >= 4 is 5.97 Å². The summed E-state index contributed by atoms with van der Waals surface area (Å²) in [5, 5.41) is 9.03. The van der Waals surface area contributed by atoms with E-state index in [0.29, 0.717) is 5.92 Å². The van der Waals surface area contributed by atoms with Crippen LogP contribution < -0.4 is 0 Å². The van der Waals surface area contributed by atoms with Crippen LogP contribution in [0.25, 0.3) is 0 Å². The van der Waals surface area contributed by atoms with Gasteiger partial charge in [0, 0.05) is 0 Å². The predicted octanol–water partition coefficient (Wildman–Crippen LogP) is 2.07. The van der Waals surface area contributed by atoms with Crippen LogP contribution in [0, 0.1) is 17.8 Å². The second-order valence-corrected chi connectivity index (χ2v) is 5.79. The van der Waals surface area contributed by atoms with Crippen LogP contribution in [0.15, 0.2) is 23.8 Å². The van der Waals surface area contributed by atoms with Gasteiger partial charge in [0.25, 0.3) is 0 Å². The molecule has 3 nitrogen and oxygen atoms in total. The van der Waals surface area contributed by atoms with E-state index in [2.05, 4.69) is 12.2 Å². The van der Waals surface area contributed by atoms with Crippen molar-refractivity contribution in [3.05, 3.63) is 23.8 Å². The Morgan fingerprint density at radius 3 is 2.82 bits per heavy atom. The smallest absolute Gasteiger partial charge is 0.314 e. The average Bonchev–Trinajstić information content (AvgIpc) is 2.75. The van der Waals surface area contributed by atoms with Gasteiger partial charge in [0.2, 0.25) is 0 Å². The van der Waals surface area contributed by atoms with E-state index in [9.17, 15) is 4.79 Å². The maximum Gasteiger partial charge on any atom is 0.314 e. The third-order valence-corrected chi connectivity index (χ3v) is 3.32. The van der Waals surface area contributed by atoms with Gasteiger partial charge in [-0.2, -0.15) is 0 Å². The van der Waals surface area contributed by atoms with Crippen LogP contribution in [0.1, 0.15) is 27.2 Å². The van der Waals surface area contributed by atoms with Crippen molar-refractivity contribution in [3.8, 4) is 0 Å². The van der Waals surface area contributed by atoms with Gasteiger partial charge >= 0.3 is 5.97 Å². The van der Waals surface area contributed by atoms with Gasteiger partial charge in [0.1, 0.15) is 5.60 Å². The number of hydrogen-bond donors (Lipinski definition) is 1. The second-order valence-electron chi connectivity index (χ2n) is 5.79. The number of aliphatic hydroxyl groups is 1. The van der Waals surface area contributed by atoms with Crippen molar-refractivity contribution in [2.45, 2.75) is 32.8 Å². The van der Waals surface area contributed by atoms with Gasteiger partial charge in [0.15, 0.2) is 0 Å². The van der Waals surface area contributed by atoms with Gasteiger partial charge < -0.3 is 9.84 Å². The SMILES string of the molecule is CC(C)(C)OC(=O)C1/C(=C\CO)C2C=CC1C2. The number of allylic oxidation sites excluding steroid dienone is 2. The Balaban J connectivity index is 2.17. The molecule has 0 heterocycles. The number of carbonyl (C=O) groups excluding carboxylic acids is 1. The molecule has 3 heteroatoms. The predicted molar refractivity (Wildman–Crippen MR) is 65.2 cm³/mol. The van der Waals surface area contributed by atoms with Crippen molar-refractivity contribution in [1.82, 2.24) is 0 Å². The Kier molecular flexibility index (Phi) is 3.13. The number of esters is 1. The maximum absolute atomic E-state index is 12.2. The molecule has 0 saturated heterocycles. The Labute approximate surface area is 102 Å². The van der Waals surface area contributed by atoms with Gasteiger partial charge in [-0.1, -0.05) is 23.8 Å². The Morgan fingerprint density at radius 1 is 1.53 bits per heavy atom. The second kappa shape index (κ2) is 4.30. The van der Waals surface area contributed by atoms with Crippen molar-refractivity contribution in [2.75, 3.05) is 6.61 Å². The molecule has 1 saturated carbocycles. The lowest BCUT2D eigenvalue weighted by atomic mass is 9.88. The number of ether oxygens (including phenoxy) is 1. The lowest BCUT2D eigenvalue weighted by Crippen LogP contribution is -2.31. The molecule has 0 radical (unpaired) electrons. The summed E-state index contributed by atoms with van der Waals surface area (Å²) in [6, 6.07) is 0. The monoisotopic (exact) mass is 236 g/mol. The first kappa shape index (κ1) is 12.4. The molecule has 0 aromatic heterocycles. The number of hydrogen-bond acceptors (Lipinski definition) is 3. The number of fused-ring (bicyclic) bond motifs is 2. The van der Waals surface area contributed by atoms with E-state index in [1.54, 1.807) is 6.08 Å². The topological polar surface area (TPSA) is 46.5 Å². The van der Waals surface area contributed by atoms with Gasteiger partial charge in [0.05, 0.1) is 12.5 Å². The lowest BCUT2D eigenvalue weighted by Gasteiger charge is -2.26. The van der Waals surface area contributed by atoms with Gasteiger partial charge in [-0.25, -0.2) is 0 Å². The maximum atomic E-state index is 12.2. The molecule has 17 heavy (non-hydrogen) atoms. The van der Waals surface area contributed by atoms with E-state index < -0.39 is 5.60 Å². The molecule has 0 aliphatic heterocycles. The Bertz CT molecular complexity index is 373. The zero-order valence-corrected chi connectivity index (χ0v) is 10.6. The molecule has 3 atom stereocenters. The van der Waals surface area contributed by atoms with Crippen molar-refractivity contribution in [3.63, 3.8) is 0 Å². The summed E-state index contributed by atoms with van der Waals surface area (Å²) in [5.74, 6) is 0.239. The quantitative estimate of drug-likeness (QED) is 0.589. The van der Waals surface area contributed by atoms with Crippen LogP contribution in [-0.2, 0) is 9.53 Å². The summed E-state index contributed by atoms with van der Waals surface area (Å²) in [4.78, 5) is 12.2. The highest BCUT2D eigenvalue weighted by atomic mass is 16.6. The zero-order valence-electron chi connectivity index (χ0n) is 10.6. The molecule has 1 N–H and O–H groups in total. The van der Waals surface area contributed by atoms with Crippen molar-refractivity contribution in [2.24, 2.45) is 17.8 Å². The lowest BCUT2D eigenvalue weighted by molar-refractivity contribution is -0.159. The number of carbonyl (C=O) groups is 1. The molecule has 94 valence electrons. The third kappa shape index (κ3) is 2.44. The molecule has 0 aromatic rings. The van der Waals surface area contributed by atoms with Crippen molar-refractivity contribution < 1.29 is 14.6 Å². The summed E-state index contributed by atoms with van der Waals surface area (Å²) < 4.78 is 5.46. The molecule has 2 bridgehead atoms. The first-order valence-electron chi connectivity index (χ1n) is 6.14. The summed E-state index contributed by atoms with van der Waals surface area (Å²) in [6.45, 7) is 5.63. The molecule has 0 spiro atoms. The highest BCUT2D eigenvalue weighted by Crippen LogP contribution is 2.48. The highest BCUT2D eigenvalue weighted by Gasteiger charge is 2.45. The Morgan fingerprint density at radius 2 is 2.24 bits per heavy atom.